The minimum Gasteiger partial charge on any atom is -0.312 e. The second kappa shape index (κ2) is 8.16. The number of likely N-dealkylation sites (N-methyl/N-ethyl adjacent to an activating group) is 1. The molecule has 0 bridgehead atoms. The fourth-order valence-electron chi connectivity index (χ4n) is 3.03. The first kappa shape index (κ1) is 16.0. The van der Waals surface area contributed by atoms with Gasteiger partial charge in [0, 0.05) is 12.1 Å². The molecule has 0 radical (unpaired) electrons. The molecule has 1 saturated carbocycles. The Balaban J connectivity index is 2.48. The lowest BCUT2D eigenvalue weighted by atomic mass is 9.82. The number of hydrogen-bond acceptors (Lipinski definition) is 2. The van der Waals surface area contributed by atoms with Crippen molar-refractivity contribution in [2.45, 2.75) is 71.9 Å². The van der Waals surface area contributed by atoms with E-state index in [-0.39, 0.29) is 0 Å². The molecule has 2 heteroatoms. The third kappa shape index (κ3) is 5.27. The van der Waals surface area contributed by atoms with Gasteiger partial charge in [-0.2, -0.15) is 0 Å². The van der Waals surface area contributed by atoms with Gasteiger partial charge < -0.3 is 10.2 Å². The summed E-state index contributed by atoms with van der Waals surface area (Å²) in [6.45, 7) is 11.7. The summed E-state index contributed by atoms with van der Waals surface area (Å²) < 4.78 is 0. The second-order valence-electron chi connectivity index (χ2n) is 6.71. The summed E-state index contributed by atoms with van der Waals surface area (Å²) >= 11 is 0. The highest BCUT2D eigenvalue weighted by Crippen LogP contribution is 2.27. The van der Waals surface area contributed by atoms with Gasteiger partial charge in [0.15, 0.2) is 0 Å². The Hall–Kier alpha value is -0.0800. The quantitative estimate of drug-likeness (QED) is 0.748. The fraction of sp³-hybridized carbons (Fsp3) is 1.00. The van der Waals surface area contributed by atoms with E-state index in [9.17, 15) is 0 Å². The van der Waals surface area contributed by atoms with E-state index in [0.717, 1.165) is 23.9 Å². The van der Waals surface area contributed by atoms with Crippen LogP contribution in [-0.4, -0.2) is 37.1 Å². The van der Waals surface area contributed by atoms with Crippen molar-refractivity contribution in [3.05, 3.63) is 0 Å². The first-order valence-electron chi connectivity index (χ1n) is 7.98. The molecule has 108 valence electrons. The van der Waals surface area contributed by atoms with Crippen molar-refractivity contribution >= 4 is 0 Å². The topological polar surface area (TPSA) is 15.3 Å². The number of nitrogens with one attached hydrogen (secondary N) is 1. The Morgan fingerprint density at radius 2 is 2.00 bits per heavy atom. The molecule has 1 N–H and O–H groups in total. The lowest BCUT2D eigenvalue weighted by Gasteiger charge is -2.41. The fourth-order valence-corrected chi connectivity index (χ4v) is 3.03. The monoisotopic (exact) mass is 254 g/mol. The van der Waals surface area contributed by atoms with Crippen molar-refractivity contribution in [2.75, 3.05) is 20.1 Å². The second-order valence-corrected chi connectivity index (χ2v) is 6.71. The van der Waals surface area contributed by atoms with Gasteiger partial charge in [0.05, 0.1) is 0 Å². The van der Waals surface area contributed by atoms with Gasteiger partial charge in [-0.3, -0.25) is 0 Å². The summed E-state index contributed by atoms with van der Waals surface area (Å²) in [5, 5.41) is 3.77. The number of rotatable bonds is 7. The van der Waals surface area contributed by atoms with Crippen LogP contribution in [0.5, 0.6) is 0 Å². The van der Waals surface area contributed by atoms with Crippen LogP contribution in [0, 0.1) is 11.8 Å². The van der Waals surface area contributed by atoms with Gasteiger partial charge in [0.25, 0.3) is 0 Å². The Kier molecular flexibility index (Phi) is 7.25. The van der Waals surface area contributed by atoms with E-state index >= 15 is 0 Å². The maximum Gasteiger partial charge on any atom is 0.0248 e. The van der Waals surface area contributed by atoms with Crippen molar-refractivity contribution in [1.82, 2.24) is 10.2 Å². The van der Waals surface area contributed by atoms with Crippen molar-refractivity contribution in [2.24, 2.45) is 11.8 Å². The van der Waals surface area contributed by atoms with Crippen LogP contribution in [0.25, 0.3) is 0 Å². The molecule has 18 heavy (non-hydrogen) atoms. The largest absolute Gasteiger partial charge is 0.312 e. The standard InChI is InChI=1S/C16H34N2/c1-6-10-17-15-8-7-14(4)12-16(15)18(5)11-9-13(2)3/h13-17H,6-12H2,1-5H3. The summed E-state index contributed by atoms with van der Waals surface area (Å²) in [4.78, 5) is 2.61. The van der Waals surface area contributed by atoms with Crippen LogP contribution < -0.4 is 5.32 Å². The Morgan fingerprint density at radius 3 is 2.61 bits per heavy atom. The van der Waals surface area contributed by atoms with Gasteiger partial charge >= 0.3 is 0 Å². The third-order valence-corrected chi connectivity index (χ3v) is 4.36. The van der Waals surface area contributed by atoms with Crippen LogP contribution >= 0.6 is 0 Å². The van der Waals surface area contributed by atoms with Gasteiger partial charge in [-0.05, 0) is 64.1 Å². The zero-order chi connectivity index (χ0) is 13.5. The third-order valence-electron chi connectivity index (χ3n) is 4.36. The van der Waals surface area contributed by atoms with Crippen molar-refractivity contribution in [3.8, 4) is 0 Å². The van der Waals surface area contributed by atoms with Crippen LogP contribution in [0.1, 0.15) is 59.8 Å². The predicted octanol–water partition coefficient (Wildman–Crippen LogP) is 3.52. The predicted molar refractivity (Wildman–Crippen MR) is 81.0 cm³/mol. The molecule has 1 fully saturated rings. The summed E-state index contributed by atoms with van der Waals surface area (Å²) in [5.74, 6) is 1.71. The van der Waals surface area contributed by atoms with Crippen LogP contribution in [0.15, 0.2) is 0 Å². The van der Waals surface area contributed by atoms with Crippen LogP contribution in [0.3, 0.4) is 0 Å². The highest BCUT2D eigenvalue weighted by Gasteiger charge is 2.30. The molecular weight excluding hydrogens is 220 g/mol. The Labute approximate surface area is 115 Å². The molecule has 0 heterocycles. The summed E-state index contributed by atoms with van der Waals surface area (Å²) in [6, 6.07) is 1.47. The van der Waals surface area contributed by atoms with Gasteiger partial charge in [0.2, 0.25) is 0 Å². The van der Waals surface area contributed by atoms with Gasteiger partial charge in [-0.15, -0.1) is 0 Å². The molecule has 0 amide bonds. The summed E-state index contributed by atoms with van der Waals surface area (Å²) in [7, 11) is 2.33. The van der Waals surface area contributed by atoms with E-state index in [1.54, 1.807) is 0 Å². The van der Waals surface area contributed by atoms with Crippen molar-refractivity contribution < 1.29 is 0 Å². The SMILES string of the molecule is CCCNC1CCC(C)CC1N(C)CCC(C)C. The zero-order valence-corrected chi connectivity index (χ0v) is 13.2. The maximum atomic E-state index is 3.77. The number of hydrogen-bond donors (Lipinski definition) is 1. The van der Waals surface area contributed by atoms with Crippen LogP contribution in [0.4, 0.5) is 0 Å². The minimum absolute atomic E-state index is 0.721. The average Bonchev–Trinajstić information content (AvgIpc) is 2.34. The molecule has 0 spiro atoms. The molecule has 0 aromatic rings. The molecule has 1 aliphatic carbocycles. The molecule has 0 saturated heterocycles. The van der Waals surface area contributed by atoms with Crippen LogP contribution in [-0.2, 0) is 0 Å². The molecule has 3 atom stereocenters. The molecular formula is C16H34N2. The van der Waals surface area contributed by atoms with Crippen LogP contribution in [0.2, 0.25) is 0 Å². The highest BCUT2D eigenvalue weighted by molar-refractivity contribution is 4.89. The molecule has 1 aliphatic rings. The smallest absolute Gasteiger partial charge is 0.0248 e. The molecule has 0 aliphatic heterocycles. The van der Waals surface area contributed by atoms with E-state index < -0.39 is 0 Å². The van der Waals surface area contributed by atoms with Gasteiger partial charge in [-0.1, -0.05) is 27.7 Å². The van der Waals surface area contributed by atoms with E-state index in [4.69, 9.17) is 0 Å². The van der Waals surface area contributed by atoms with E-state index in [2.05, 4.69) is 45.0 Å². The van der Waals surface area contributed by atoms with Crippen molar-refractivity contribution in [1.29, 1.82) is 0 Å². The normalized spacial score (nSPS) is 29.2. The van der Waals surface area contributed by atoms with E-state index in [0.29, 0.717) is 0 Å². The summed E-state index contributed by atoms with van der Waals surface area (Å²) in [6.07, 6.45) is 6.69. The van der Waals surface area contributed by atoms with Gasteiger partial charge in [-0.25, -0.2) is 0 Å². The maximum absolute atomic E-state index is 3.77. The first-order chi connectivity index (χ1) is 8.54. The highest BCUT2D eigenvalue weighted by atomic mass is 15.2. The molecule has 0 aromatic carbocycles. The van der Waals surface area contributed by atoms with Crippen molar-refractivity contribution in [3.63, 3.8) is 0 Å². The van der Waals surface area contributed by atoms with E-state index in [1.807, 2.05) is 0 Å². The lowest BCUT2D eigenvalue weighted by Crippen LogP contribution is -2.52. The molecule has 0 aromatic heterocycles. The first-order valence-corrected chi connectivity index (χ1v) is 7.98. The zero-order valence-electron chi connectivity index (χ0n) is 13.2. The lowest BCUT2D eigenvalue weighted by molar-refractivity contribution is 0.120. The average molecular weight is 254 g/mol. The number of nitrogens with zero attached hydrogens (tertiary/aromatic N) is 1. The van der Waals surface area contributed by atoms with Gasteiger partial charge in [0.1, 0.15) is 0 Å². The molecule has 1 rings (SSSR count). The summed E-state index contributed by atoms with van der Waals surface area (Å²) in [5.41, 5.74) is 0. The molecule has 2 nitrogen and oxygen atoms in total. The minimum atomic E-state index is 0.721. The Bertz CT molecular complexity index is 213. The Morgan fingerprint density at radius 1 is 1.28 bits per heavy atom. The molecule has 3 unspecified atom stereocenters. The van der Waals surface area contributed by atoms with E-state index in [1.165, 1.54) is 45.2 Å².